The highest BCUT2D eigenvalue weighted by molar-refractivity contribution is 5.86. The maximum absolute atomic E-state index is 5.99. The van der Waals surface area contributed by atoms with Crippen molar-refractivity contribution in [1.82, 2.24) is 0 Å². The van der Waals surface area contributed by atoms with E-state index in [0.29, 0.717) is 0 Å². The Morgan fingerprint density at radius 1 is 1.05 bits per heavy atom. The third kappa shape index (κ3) is 2.77. The lowest BCUT2D eigenvalue weighted by Crippen LogP contribution is -2.21. The van der Waals surface area contributed by atoms with Crippen molar-refractivity contribution in [3.63, 3.8) is 0 Å². The molecule has 0 unspecified atom stereocenters. The first-order valence-electron chi connectivity index (χ1n) is 7.65. The van der Waals surface area contributed by atoms with E-state index in [-0.39, 0.29) is 0 Å². The number of allylic oxidation sites excluding steroid dienone is 2. The van der Waals surface area contributed by atoms with Gasteiger partial charge in [0.25, 0.3) is 0 Å². The highest BCUT2D eigenvalue weighted by Gasteiger charge is 2.17. The Bertz CT molecular complexity index is 739. The van der Waals surface area contributed by atoms with Gasteiger partial charge in [0.05, 0.1) is 0 Å². The second-order valence-corrected chi connectivity index (χ2v) is 6.03. The average Bonchev–Trinajstić information content (AvgIpc) is 2.49. The minimum Gasteiger partial charge on any atom is -0.399 e. The molecule has 0 spiro atoms. The molecular formula is C20H22N2. The zero-order chi connectivity index (χ0) is 15.7. The normalized spacial score (nSPS) is 17.3. The largest absolute Gasteiger partial charge is 0.399 e. The van der Waals surface area contributed by atoms with Crippen molar-refractivity contribution >= 4 is 22.6 Å². The summed E-state index contributed by atoms with van der Waals surface area (Å²) in [6.07, 6.45) is 3.20. The first-order valence-corrected chi connectivity index (χ1v) is 7.65. The number of hydrogen-bond donors (Lipinski definition) is 1. The number of aryl methyl sites for hydroxylation is 1. The van der Waals surface area contributed by atoms with Crippen molar-refractivity contribution in [1.29, 1.82) is 0 Å². The number of fused-ring (bicyclic) bond motifs is 1. The lowest BCUT2D eigenvalue weighted by atomic mass is 9.97. The number of nitrogens with two attached hydrogens (primary N) is 1. The maximum atomic E-state index is 5.99. The molecule has 0 radical (unpaired) electrons. The Balaban J connectivity index is 2.15. The van der Waals surface area contributed by atoms with Gasteiger partial charge in [0.2, 0.25) is 0 Å². The van der Waals surface area contributed by atoms with E-state index in [0.717, 1.165) is 29.8 Å². The van der Waals surface area contributed by atoms with Crippen molar-refractivity contribution < 1.29 is 0 Å². The van der Waals surface area contributed by atoms with E-state index in [2.05, 4.69) is 61.7 Å². The van der Waals surface area contributed by atoms with Crippen molar-refractivity contribution in [2.75, 3.05) is 17.2 Å². The zero-order valence-corrected chi connectivity index (χ0v) is 13.3. The minimum atomic E-state index is 0.774. The molecule has 0 atom stereocenters. The molecule has 2 aromatic carbocycles. The third-order valence-corrected chi connectivity index (χ3v) is 4.15. The van der Waals surface area contributed by atoms with E-state index in [1.165, 1.54) is 22.5 Å². The van der Waals surface area contributed by atoms with Gasteiger partial charge in [-0.2, -0.15) is 0 Å². The summed E-state index contributed by atoms with van der Waals surface area (Å²) in [5.74, 6) is 0. The highest BCUT2D eigenvalue weighted by Crippen LogP contribution is 2.36. The fraction of sp³-hybridized carbons (Fsp3) is 0.200. The molecule has 0 amide bonds. The SMILES string of the molecule is C=C1/C=C(/C)CCN(c2ccc(C)cc2)c2ccc(N)cc21. The first-order chi connectivity index (χ1) is 10.5. The molecule has 0 bridgehead atoms. The van der Waals surface area contributed by atoms with Crippen LogP contribution >= 0.6 is 0 Å². The van der Waals surface area contributed by atoms with Crippen LogP contribution in [0.1, 0.15) is 24.5 Å². The topological polar surface area (TPSA) is 29.3 Å². The van der Waals surface area contributed by atoms with Crippen LogP contribution in [0, 0.1) is 6.92 Å². The quantitative estimate of drug-likeness (QED) is 0.742. The second-order valence-electron chi connectivity index (χ2n) is 6.03. The van der Waals surface area contributed by atoms with Gasteiger partial charge in [-0.25, -0.2) is 0 Å². The molecule has 1 aliphatic rings. The van der Waals surface area contributed by atoms with Gasteiger partial charge in [-0.15, -0.1) is 0 Å². The van der Waals surface area contributed by atoms with Gasteiger partial charge in [0, 0.05) is 29.2 Å². The molecule has 3 rings (SSSR count). The van der Waals surface area contributed by atoms with Crippen LogP contribution in [0.4, 0.5) is 17.1 Å². The summed E-state index contributed by atoms with van der Waals surface area (Å²) < 4.78 is 0. The second kappa shape index (κ2) is 5.72. The van der Waals surface area contributed by atoms with Gasteiger partial charge < -0.3 is 10.6 Å². The molecule has 0 saturated carbocycles. The summed E-state index contributed by atoms with van der Waals surface area (Å²) in [7, 11) is 0. The smallest absolute Gasteiger partial charge is 0.0491 e. The summed E-state index contributed by atoms with van der Waals surface area (Å²) in [6, 6.07) is 14.8. The number of rotatable bonds is 1. The molecule has 1 aliphatic heterocycles. The maximum Gasteiger partial charge on any atom is 0.0491 e. The molecule has 0 saturated heterocycles. The predicted octanol–water partition coefficient (Wildman–Crippen LogP) is 5.08. The monoisotopic (exact) mass is 290 g/mol. The third-order valence-electron chi connectivity index (χ3n) is 4.15. The Morgan fingerprint density at radius 2 is 1.77 bits per heavy atom. The Morgan fingerprint density at radius 3 is 2.50 bits per heavy atom. The van der Waals surface area contributed by atoms with Crippen molar-refractivity contribution in [2.24, 2.45) is 0 Å². The lowest BCUT2D eigenvalue weighted by Gasteiger charge is -2.30. The molecule has 1 heterocycles. The molecule has 2 aromatic rings. The first kappa shape index (κ1) is 14.5. The molecule has 2 heteroatoms. The number of nitrogen functional groups attached to an aromatic ring is 1. The number of nitrogens with zero attached hydrogens (tertiary/aromatic N) is 1. The predicted molar refractivity (Wildman–Crippen MR) is 96.4 cm³/mol. The van der Waals surface area contributed by atoms with Crippen LogP contribution in [0.3, 0.4) is 0 Å². The average molecular weight is 290 g/mol. The lowest BCUT2D eigenvalue weighted by molar-refractivity contribution is 0.896. The van der Waals surface area contributed by atoms with E-state index in [9.17, 15) is 0 Å². The van der Waals surface area contributed by atoms with Crippen LogP contribution < -0.4 is 10.6 Å². The van der Waals surface area contributed by atoms with Crippen molar-refractivity contribution in [2.45, 2.75) is 20.3 Å². The van der Waals surface area contributed by atoms with E-state index in [1.54, 1.807) is 0 Å². The Hall–Kier alpha value is -2.48. The molecule has 0 aromatic heterocycles. The van der Waals surface area contributed by atoms with Gasteiger partial charge in [-0.3, -0.25) is 0 Å². The summed E-state index contributed by atoms with van der Waals surface area (Å²) in [5, 5.41) is 0. The van der Waals surface area contributed by atoms with Crippen LogP contribution in [0.5, 0.6) is 0 Å². The molecule has 22 heavy (non-hydrogen) atoms. The number of hydrogen-bond acceptors (Lipinski definition) is 2. The van der Waals surface area contributed by atoms with Crippen LogP contribution in [0.25, 0.3) is 5.57 Å². The van der Waals surface area contributed by atoms with Crippen molar-refractivity contribution in [3.8, 4) is 0 Å². The molecule has 0 fully saturated rings. The van der Waals surface area contributed by atoms with Crippen LogP contribution in [-0.2, 0) is 0 Å². The summed E-state index contributed by atoms with van der Waals surface area (Å²) >= 11 is 0. The van der Waals surface area contributed by atoms with E-state index in [4.69, 9.17) is 5.73 Å². The fourth-order valence-corrected chi connectivity index (χ4v) is 2.90. The zero-order valence-electron chi connectivity index (χ0n) is 13.3. The van der Waals surface area contributed by atoms with Gasteiger partial charge in [0.1, 0.15) is 0 Å². The standard InChI is InChI=1S/C20H22N2/c1-14-4-7-18(8-5-14)22-11-10-15(2)12-16(3)19-13-17(21)6-9-20(19)22/h4-9,12-13H,3,10-11,21H2,1-2H3/b15-12-. The van der Waals surface area contributed by atoms with E-state index in [1.807, 2.05) is 12.1 Å². The Labute approximate surface area is 132 Å². The van der Waals surface area contributed by atoms with Crippen LogP contribution in [0.15, 0.2) is 60.7 Å². The van der Waals surface area contributed by atoms with Crippen molar-refractivity contribution in [3.05, 3.63) is 71.8 Å². The van der Waals surface area contributed by atoms with E-state index < -0.39 is 0 Å². The molecule has 2 nitrogen and oxygen atoms in total. The molecule has 0 aliphatic carbocycles. The highest BCUT2D eigenvalue weighted by atomic mass is 15.1. The van der Waals surface area contributed by atoms with E-state index >= 15 is 0 Å². The summed E-state index contributed by atoms with van der Waals surface area (Å²) in [6.45, 7) is 9.46. The fourth-order valence-electron chi connectivity index (χ4n) is 2.90. The van der Waals surface area contributed by atoms with Gasteiger partial charge in [-0.1, -0.05) is 35.9 Å². The Kier molecular flexibility index (Phi) is 3.76. The number of anilines is 3. The van der Waals surface area contributed by atoms with Gasteiger partial charge >= 0.3 is 0 Å². The van der Waals surface area contributed by atoms with Gasteiger partial charge in [-0.05, 0) is 56.2 Å². The summed E-state index contributed by atoms with van der Waals surface area (Å²) in [4.78, 5) is 2.36. The minimum absolute atomic E-state index is 0.774. The van der Waals surface area contributed by atoms with Crippen LogP contribution in [0.2, 0.25) is 0 Å². The van der Waals surface area contributed by atoms with Gasteiger partial charge in [0.15, 0.2) is 0 Å². The number of benzene rings is 2. The summed E-state index contributed by atoms with van der Waals surface area (Å²) in [5.41, 5.74) is 13.9. The molecule has 112 valence electrons. The van der Waals surface area contributed by atoms with Crippen LogP contribution in [-0.4, -0.2) is 6.54 Å². The molecule has 2 N–H and O–H groups in total. The molecular weight excluding hydrogens is 268 g/mol.